The summed E-state index contributed by atoms with van der Waals surface area (Å²) in [5.74, 6) is -3.42. The van der Waals surface area contributed by atoms with Crippen molar-refractivity contribution in [2.75, 3.05) is 7.05 Å². The van der Waals surface area contributed by atoms with Gasteiger partial charge in [-0.3, -0.25) is 4.68 Å². The molecule has 1 aromatic heterocycles. The average molecular weight is 303 g/mol. The molecule has 9 heteroatoms. The SMILES string of the molecule is CNC(Cc1cc(C)nn1C)C(C(F)(F)F)C(F)(F)F. The second kappa shape index (κ2) is 5.63. The Kier molecular flexibility index (Phi) is 4.73. The quantitative estimate of drug-likeness (QED) is 0.867. The van der Waals surface area contributed by atoms with E-state index in [1.165, 1.54) is 17.8 Å². The fourth-order valence-electron chi connectivity index (χ4n) is 2.11. The van der Waals surface area contributed by atoms with Crippen molar-refractivity contribution in [2.24, 2.45) is 13.0 Å². The monoisotopic (exact) mass is 303 g/mol. The number of rotatable bonds is 4. The van der Waals surface area contributed by atoms with E-state index in [2.05, 4.69) is 10.4 Å². The summed E-state index contributed by atoms with van der Waals surface area (Å²) < 4.78 is 77.4. The molecule has 0 aliphatic heterocycles. The van der Waals surface area contributed by atoms with E-state index in [1.54, 1.807) is 6.92 Å². The molecular formula is C11H15F6N3. The first-order valence-electron chi connectivity index (χ1n) is 5.77. The van der Waals surface area contributed by atoms with Crippen molar-refractivity contribution in [3.63, 3.8) is 0 Å². The molecule has 20 heavy (non-hydrogen) atoms. The molecule has 0 aliphatic carbocycles. The summed E-state index contributed by atoms with van der Waals surface area (Å²) in [5.41, 5.74) is 0.841. The summed E-state index contributed by atoms with van der Waals surface area (Å²) in [5, 5.41) is 6.03. The molecule has 1 heterocycles. The van der Waals surface area contributed by atoms with Crippen molar-refractivity contribution in [3.05, 3.63) is 17.5 Å². The molecule has 0 saturated heterocycles. The zero-order valence-electron chi connectivity index (χ0n) is 11.1. The Labute approximate surface area is 112 Å². The van der Waals surface area contributed by atoms with Crippen molar-refractivity contribution >= 4 is 0 Å². The number of hydrogen-bond donors (Lipinski definition) is 1. The number of aryl methyl sites for hydroxylation is 2. The summed E-state index contributed by atoms with van der Waals surface area (Å²) in [7, 11) is 2.56. The van der Waals surface area contributed by atoms with Crippen molar-refractivity contribution < 1.29 is 26.3 Å². The van der Waals surface area contributed by atoms with E-state index in [9.17, 15) is 26.3 Å². The average Bonchev–Trinajstić information content (AvgIpc) is 2.52. The number of nitrogens with one attached hydrogen (secondary N) is 1. The van der Waals surface area contributed by atoms with Crippen LogP contribution in [0.3, 0.4) is 0 Å². The van der Waals surface area contributed by atoms with Crippen molar-refractivity contribution in [2.45, 2.75) is 31.7 Å². The zero-order valence-corrected chi connectivity index (χ0v) is 11.1. The lowest BCUT2D eigenvalue weighted by Gasteiger charge is -2.30. The molecule has 1 N–H and O–H groups in total. The molecule has 0 radical (unpaired) electrons. The molecule has 0 bridgehead atoms. The minimum Gasteiger partial charge on any atom is -0.316 e. The fraction of sp³-hybridized carbons (Fsp3) is 0.727. The maximum absolute atomic E-state index is 12.7. The van der Waals surface area contributed by atoms with Crippen LogP contribution in [0.1, 0.15) is 11.4 Å². The second-order valence-electron chi connectivity index (χ2n) is 4.56. The third-order valence-electron chi connectivity index (χ3n) is 3.01. The number of nitrogens with zero attached hydrogens (tertiary/aromatic N) is 2. The van der Waals surface area contributed by atoms with Crippen molar-refractivity contribution in [1.82, 2.24) is 15.1 Å². The third-order valence-corrected chi connectivity index (χ3v) is 3.01. The fourth-order valence-corrected chi connectivity index (χ4v) is 2.11. The van der Waals surface area contributed by atoms with Gasteiger partial charge in [0.1, 0.15) is 0 Å². The Bertz CT molecular complexity index is 434. The van der Waals surface area contributed by atoms with Gasteiger partial charge in [-0.25, -0.2) is 0 Å². The molecule has 0 saturated carbocycles. The molecule has 0 aliphatic rings. The smallest absolute Gasteiger partial charge is 0.316 e. The highest BCUT2D eigenvalue weighted by atomic mass is 19.4. The van der Waals surface area contributed by atoms with Gasteiger partial charge in [0.15, 0.2) is 5.92 Å². The normalized spacial score (nSPS) is 14.9. The maximum atomic E-state index is 12.7. The van der Waals surface area contributed by atoms with Crippen LogP contribution < -0.4 is 5.32 Å². The van der Waals surface area contributed by atoms with E-state index < -0.39 is 30.7 Å². The number of hydrogen-bond acceptors (Lipinski definition) is 2. The first-order chi connectivity index (χ1) is 8.96. The van der Waals surface area contributed by atoms with Crippen LogP contribution in [-0.2, 0) is 13.5 Å². The molecule has 0 spiro atoms. The van der Waals surface area contributed by atoms with Crippen molar-refractivity contribution in [1.29, 1.82) is 0 Å². The zero-order chi connectivity index (χ0) is 15.7. The lowest BCUT2D eigenvalue weighted by Crippen LogP contribution is -2.51. The van der Waals surface area contributed by atoms with E-state index in [4.69, 9.17) is 0 Å². The lowest BCUT2D eigenvalue weighted by molar-refractivity contribution is -0.291. The van der Waals surface area contributed by atoms with Crippen LogP contribution in [0.15, 0.2) is 6.07 Å². The van der Waals surface area contributed by atoms with Crippen LogP contribution in [0.25, 0.3) is 0 Å². The highest BCUT2D eigenvalue weighted by molar-refractivity contribution is 5.11. The van der Waals surface area contributed by atoms with Gasteiger partial charge in [0.2, 0.25) is 0 Å². The molecular weight excluding hydrogens is 288 g/mol. The van der Waals surface area contributed by atoms with Gasteiger partial charge < -0.3 is 5.32 Å². The molecule has 1 aromatic rings. The van der Waals surface area contributed by atoms with Gasteiger partial charge in [0.05, 0.1) is 5.69 Å². The van der Waals surface area contributed by atoms with Crippen LogP contribution >= 0.6 is 0 Å². The van der Waals surface area contributed by atoms with Gasteiger partial charge in [0, 0.05) is 25.2 Å². The highest BCUT2D eigenvalue weighted by Gasteiger charge is 2.59. The molecule has 0 aromatic carbocycles. The Balaban J connectivity index is 3.06. The number of aromatic nitrogens is 2. The van der Waals surface area contributed by atoms with Gasteiger partial charge in [0.25, 0.3) is 0 Å². The van der Waals surface area contributed by atoms with Gasteiger partial charge in [-0.05, 0) is 20.0 Å². The van der Waals surface area contributed by atoms with Crippen LogP contribution in [0.4, 0.5) is 26.3 Å². The highest BCUT2D eigenvalue weighted by Crippen LogP contribution is 2.42. The number of likely N-dealkylation sites (N-methyl/N-ethyl adjacent to an activating group) is 1. The first-order valence-corrected chi connectivity index (χ1v) is 5.77. The summed E-state index contributed by atoms with van der Waals surface area (Å²) in [6, 6.07) is -0.335. The van der Waals surface area contributed by atoms with Crippen molar-refractivity contribution in [3.8, 4) is 0 Å². The Morgan fingerprint density at radius 2 is 1.70 bits per heavy atom. The predicted molar refractivity (Wildman–Crippen MR) is 60.1 cm³/mol. The second-order valence-corrected chi connectivity index (χ2v) is 4.56. The Morgan fingerprint density at radius 1 is 1.20 bits per heavy atom. The molecule has 3 nitrogen and oxygen atoms in total. The minimum atomic E-state index is -5.36. The Hall–Kier alpha value is -1.25. The van der Waals surface area contributed by atoms with Gasteiger partial charge in [-0.1, -0.05) is 0 Å². The first kappa shape index (κ1) is 16.8. The van der Waals surface area contributed by atoms with Gasteiger partial charge in [-0.2, -0.15) is 31.4 Å². The van der Waals surface area contributed by atoms with Crippen LogP contribution in [-0.4, -0.2) is 35.2 Å². The molecule has 0 amide bonds. The summed E-state index contributed by atoms with van der Waals surface area (Å²) >= 11 is 0. The molecule has 1 unspecified atom stereocenters. The van der Waals surface area contributed by atoms with Gasteiger partial charge >= 0.3 is 12.4 Å². The number of alkyl halides is 6. The topological polar surface area (TPSA) is 29.9 Å². The third kappa shape index (κ3) is 3.87. The summed E-state index contributed by atoms with van der Waals surface area (Å²) in [6.07, 6.45) is -11.1. The largest absolute Gasteiger partial charge is 0.402 e. The van der Waals surface area contributed by atoms with E-state index in [0.717, 1.165) is 7.05 Å². The summed E-state index contributed by atoms with van der Waals surface area (Å²) in [4.78, 5) is 0. The minimum absolute atomic E-state index is 0.306. The summed E-state index contributed by atoms with van der Waals surface area (Å²) in [6.45, 7) is 1.61. The van der Waals surface area contributed by atoms with E-state index >= 15 is 0 Å². The van der Waals surface area contributed by atoms with Crippen LogP contribution in [0, 0.1) is 12.8 Å². The predicted octanol–water partition coefficient (Wildman–Crippen LogP) is 2.60. The standard InChI is InChI=1S/C11H15F6N3/c1-6-4-7(20(3)19-6)5-8(18-2)9(10(12,13)14)11(15,16)17/h4,8-9,18H,5H2,1-3H3. The van der Waals surface area contributed by atoms with Crippen LogP contribution in [0.2, 0.25) is 0 Å². The maximum Gasteiger partial charge on any atom is 0.402 e. The Morgan fingerprint density at radius 3 is 2.00 bits per heavy atom. The molecule has 0 fully saturated rings. The molecule has 1 rings (SSSR count). The van der Waals surface area contributed by atoms with Gasteiger partial charge in [-0.15, -0.1) is 0 Å². The van der Waals surface area contributed by atoms with Crippen LogP contribution in [0.5, 0.6) is 0 Å². The molecule has 1 atom stereocenters. The van der Waals surface area contributed by atoms with E-state index in [1.807, 2.05) is 0 Å². The van der Waals surface area contributed by atoms with E-state index in [-0.39, 0.29) is 0 Å². The van der Waals surface area contributed by atoms with E-state index in [0.29, 0.717) is 11.4 Å². The molecule has 116 valence electrons. The lowest BCUT2D eigenvalue weighted by atomic mass is 9.94. The number of halogens is 6.